The van der Waals surface area contributed by atoms with Crippen molar-refractivity contribution < 1.29 is 18.0 Å². The number of benzene rings is 1. The summed E-state index contributed by atoms with van der Waals surface area (Å²) in [6.07, 6.45) is -4.65. The number of nitrogens with zero attached hydrogens (tertiary/aromatic N) is 1. The smallest absolute Gasteiger partial charge is 0.347 e. The molecule has 0 fully saturated rings. The van der Waals surface area contributed by atoms with Gasteiger partial charge in [0.2, 0.25) is 0 Å². The molecule has 0 radical (unpaired) electrons. The SMILES string of the molecule is Cc1nc(C(F)(F)F)c(C(=O)NCc2ccccc2Cl)s1. The molecule has 1 aromatic heterocycles. The molecule has 3 nitrogen and oxygen atoms in total. The predicted molar refractivity (Wildman–Crippen MR) is 74.5 cm³/mol. The van der Waals surface area contributed by atoms with Gasteiger partial charge in [-0.25, -0.2) is 4.98 Å². The second-order valence-electron chi connectivity index (χ2n) is 4.18. The van der Waals surface area contributed by atoms with Gasteiger partial charge in [0.15, 0.2) is 5.69 Å². The summed E-state index contributed by atoms with van der Waals surface area (Å²) in [6.45, 7) is 1.47. The van der Waals surface area contributed by atoms with Crippen molar-refractivity contribution >= 4 is 28.8 Å². The zero-order chi connectivity index (χ0) is 15.6. The fraction of sp³-hybridized carbons (Fsp3) is 0.231. The largest absolute Gasteiger partial charge is 0.435 e. The Morgan fingerprint density at radius 3 is 2.67 bits per heavy atom. The second kappa shape index (κ2) is 6.03. The van der Waals surface area contributed by atoms with Crippen molar-refractivity contribution in [1.29, 1.82) is 0 Å². The molecule has 1 N–H and O–H groups in total. The van der Waals surface area contributed by atoms with Gasteiger partial charge >= 0.3 is 6.18 Å². The van der Waals surface area contributed by atoms with E-state index in [1.807, 2.05) is 0 Å². The van der Waals surface area contributed by atoms with E-state index in [1.165, 1.54) is 6.92 Å². The lowest BCUT2D eigenvalue weighted by Gasteiger charge is -2.08. The minimum atomic E-state index is -4.65. The number of carbonyl (C=O) groups is 1. The predicted octanol–water partition coefficient (Wildman–Crippen LogP) is 4.05. The van der Waals surface area contributed by atoms with E-state index in [2.05, 4.69) is 10.3 Å². The molecule has 1 amide bonds. The van der Waals surface area contributed by atoms with Gasteiger partial charge in [0.1, 0.15) is 4.88 Å². The molecule has 0 aliphatic rings. The van der Waals surface area contributed by atoms with Crippen molar-refractivity contribution in [3.63, 3.8) is 0 Å². The molecular weight excluding hydrogens is 325 g/mol. The molecule has 0 unspecified atom stereocenters. The van der Waals surface area contributed by atoms with Crippen molar-refractivity contribution in [2.24, 2.45) is 0 Å². The maximum absolute atomic E-state index is 12.8. The summed E-state index contributed by atoms with van der Waals surface area (Å²) in [6, 6.07) is 6.78. The minimum absolute atomic E-state index is 0.0484. The third kappa shape index (κ3) is 3.74. The van der Waals surface area contributed by atoms with Crippen LogP contribution in [0.25, 0.3) is 0 Å². The number of nitrogens with one attached hydrogen (secondary N) is 1. The van der Waals surface area contributed by atoms with E-state index in [0.29, 0.717) is 21.9 Å². The first-order valence-electron chi connectivity index (χ1n) is 5.85. The molecule has 8 heteroatoms. The van der Waals surface area contributed by atoms with Gasteiger partial charge < -0.3 is 5.32 Å². The fourth-order valence-electron chi connectivity index (χ4n) is 1.67. The molecule has 0 spiro atoms. The van der Waals surface area contributed by atoms with E-state index in [1.54, 1.807) is 24.3 Å². The Morgan fingerprint density at radius 2 is 2.05 bits per heavy atom. The summed E-state index contributed by atoms with van der Waals surface area (Å²) >= 11 is 6.63. The summed E-state index contributed by atoms with van der Waals surface area (Å²) in [5.74, 6) is -0.812. The van der Waals surface area contributed by atoms with E-state index >= 15 is 0 Å². The number of aryl methyl sites for hydroxylation is 1. The Kier molecular flexibility index (Phi) is 4.53. The van der Waals surface area contributed by atoms with Gasteiger partial charge in [-0.1, -0.05) is 29.8 Å². The molecule has 112 valence electrons. The number of thiazole rings is 1. The number of aromatic nitrogens is 1. The molecule has 0 aliphatic carbocycles. The summed E-state index contributed by atoms with van der Waals surface area (Å²) in [5.41, 5.74) is -0.524. The van der Waals surface area contributed by atoms with Crippen LogP contribution in [-0.2, 0) is 12.7 Å². The van der Waals surface area contributed by atoms with Crippen LogP contribution < -0.4 is 5.32 Å². The summed E-state index contributed by atoms with van der Waals surface area (Å²) < 4.78 is 38.4. The molecule has 2 aromatic rings. The van der Waals surface area contributed by atoms with E-state index in [0.717, 1.165) is 0 Å². The van der Waals surface area contributed by atoms with Gasteiger partial charge in [-0.05, 0) is 18.6 Å². The Balaban J connectivity index is 2.17. The molecule has 0 saturated heterocycles. The van der Waals surface area contributed by atoms with E-state index < -0.39 is 22.7 Å². The van der Waals surface area contributed by atoms with E-state index in [-0.39, 0.29) is 11.6 Å². The van der Waals surface area contributed by atoms with Gasteiger partial charge in [0.05, 0.1) is 5.01 Å². The zero-order valence-electron chi connectivity index (χ0n) is 10.8. The monoisotopic (exact) mass is 334 g/mol. The number of hydrogen-bond acceptors (Lipinski definition) is 3. The van der Waals surface area contributed by atoms with Crippen LogP contribution in [0, 0.1) is 6.92 Å². The molecular formula is C13H10ClF3N2OS. The number of hydrogen-bond donors (Lipinski definition) is 1. The standard InChI is InChI=1S/C13H10ClF3N2OS/c1-7-19-11(13(15,16)17)10(21-7)12(20)18-6-8-4-2-3-5-9(8)14/h2-5H,6H2,1H3,(H,18,20). The first kappa shape index (κ1) is 15.8. The van der Waals surface area contributed by atoms with Crippen LogP contribution in [0.1, 0.15) is 25.9 Å². The molecule has 0 saturated carbocycles. The number of rotatable bonds is 3. The highest BCUT2D eigenvalue weighted by Crippen LogP contribution is 2.34. The lowest BCUT2D eigenvalue weighted by Crippen LogP contribution is -2.24. The summed E-state index contributed by atoms with van der Waals surface area (Å²) in [7, 11) is 0. The highest BCUT2D eigenvalue weighted by molar-refractivity contribution is 7.13. The summed E-state index contributed by atoms with van der Waals surface area (Å²) in [4.78, 5) is 14.9. The molecule has 0 atom stereocenters. The number of carbonyl (C=O) groups excluding carboxylic acids is 1. The lowest BCUT2D eigenvalue weighted by molar-refractivity contribution is -0.141. The minimum Gasteiger partial charge on any atom is -0.347 e. The highest BCUT2D eigenvalue weighted by atomic mass is 35.5. The van der Waals surface area contributed by atoms with Crippen LogP contribution >= 0.6 is 22.9 Å². The Labute approximate surface area is 127 Å². The van der Waals surface area contributed by atoms with Crippen LogP contribution in [0.2, 0.25) is 5.02 Å². The first-order valence-corrected chi connectivity index (χ1v) is 7.04. The third-order valence-electron chi connectivity index (χ3n) is 2.61. The van der Waals surface area contributed by atoms with Crippen molar-refractivity contribution in [3.05, 3.63) is 50.4 Å². The lowest BCUT2D eigenvalue weighted by atomic mass is 10.2. The average Bonchev–Trinajstić information content (AvgIpc) is 2.80. The van der Waals surface area contributed by atoms with Crippen LogP contribution in [0.3, 0.4) is 0 Å². The Bertz CT molecular complexity index is 670. The molecule has 2 rings (SSSR count). The Hall–Kier alpha value is -1.60. The van der Waals surface area contributed by atoms with E-state index in [9.17, 15) is 18.0 Å². The highest BCUT2D eigenvalue weighted by Gasteiger charge is 2.39. The first-order chi connectivity index (χ1) is 9.79. The van der Waals surface area contributed by atoms with Crippen LogP contribution in [0.5, 0.6) is 0 Å². The van der Waals surface area contributed by atoms with Crippen molar-refractivity contribution in [1.82, 2.24) is 10.3 Å². The molecule has 1 aromatic carbocycles. The number of halogens is 4. The van der Waals surface area contributed by atoms with Crippen molar-refractivity contribution in [2.45, 2.75) is 19.6 Å². The van der Waals surface area contributed by atoms with Crippen LogP contribution in [0.15, 0.2) is 24.3 Å². The second-order valence-corrected chi connectivity index (χ2v) is 5.79. The van der Waals surface area contributed by atoms with Gasteiger partial charge in [-0.3, -0.25) is 4.79 Å². The molecule has 0 aliphatic heterocycles. The van der Waals surface area contributed by atoms with Crippen molar-refractivity contribution in [2.75, 3.05) is 0 Å². The quantitative estimate of drug-likeness (QED) is 0.920. The van der Waals surface area contributed by atoms with Crippen LogP contribution in [-0.4, -0.2) is 10.9 Å². The van der Waals surface area contributed by atoms with Crippen LogP contribution in [0.4, 0.5) is 13.2 Å². The maximum atomic E-state index is 12.8. The van der Waals surface area contributed by atoms with E-state index in [4.69, 9.17) is 11.6 Å². The number of alkyl halides is 3. The normalized spacial score (nSPS) is 11.5. The summed E-state index contributed by atoms with van der Waals surface area (Å²) in [5, 5.41) is 3.05. The maximum Gasteiger partial charge on any atom is 0.435 e. The third-order valence-corrected chi connectivity index (χ3v) is 3.94. The number of amides is 1. The molecule has 0 bridgehead atoms. The van der Waals surface area contributed by atoms with Gasteiger partial charge in [-0.2, -0.15) is 13.2 Å². The molecule has 21 heavy (non-hydrogen) atoms. The van der Waals surface area contributed by atoms with Crippen molar-refractivity contribution in [3.8, 4) is 0 Å². The van der Waals surface area contributed by atoms with Gasteiger partial charge in [0.25, 0.3) is 5.91 Å². The Morgan fingerprint density at radius 1 is 1.38 bits per heavy atom. The molecule has 1 heterocycles. The van der Waals surface area contributed by atoms with Gasteiger partial charge in [-0.15, -0.1) is 11.3 Å². The average molecular weight is 335 g/mol. The van der Waals surface area contributed by atoms with Gasteiger partial charge in [0, 0.05) is 11.6 Å². The topological polar surface area (TPSA) is 42.0 Å². The zero-order valence-corrected chi connectivity index (χ0v) is 12.4. The fourth-order valence-corrected chi connectivity index (χ4v) is 2.73.